The van der Waals surface area contributed by atoms with E-state index in [-0.39, 0.29) is 12.1 Å². The number of pyridine rings is 1. The standard InChI is InChI=1S/C11H11F3N2O/c12-11(13,14)9-2-1-3-10(15-9)16-5-8-4-7(16)6-17-8/h1-3,7-8H,4-6H2/t7-,8+/m0/s1. The van der Waals surface area contributed by atoms with Crippen molar-refractivity contribution in [2.24, 2.45) is 0 Å². The molecule has 2 atom stereocenters. The highest BCUT2D eigenvalue weighted by atomic mass is 19.4. The Balaban J connectivity index is 1.89. The van der Waals surface area contributed by atoms with E-state index in [9.17, 15) is 13.2 Å². The molecule has 2 fully saturated rings. The molecule has 3 rings (SSSR count). The molecule has 17 heavy (non-hydrogen) atoms. The van der Waals surface area contributed by atoms with Crippen molar-refractivity contribution in [1.29, 1.82) is 0 Å². The van der Waals surface area contributed by atoms with E-state index in [0.29, 0.717) is 19.0 Å². The van der Waals surface area contributed by atoms with Crippen LogP contribution in [-0.2, 0) is 10.9 Å². The van der Waals surface area contributed by atoms with E-state index in [4.69, 9.17) is 4.74 Å². The van der Waals surface area contributed by atoms with Crippen LogP contribution in [0.5, 0.6) is 0 Å². The van der Waals surface area contributed by atoms with E-state index in [1.807, 2.05) is 4.90 Å². The number of hydrogen-bond acceptors (Lipinski definition) is 3. The molecule has 92 valence electrons. The highest BCUT2D eigenvalue weighted by Gasteiger charge is 2.40. The SMILES string of the molecule is FC(F)(F)c1cccc(N2C[C@H]3C[C@H]2CO3)n1. The van der Waals surface area contributed by atoms with Crippen LogP contribution in [0.3, 0.4) is 0 Å². The number of halogens is 3. The predicted molar refractivity (Wildman–Crippen MR) is 54.7 cm³/mol. The minimum atomic E-state index is -4.38. The first-order chi connectivity index (χ1) is 8.04. The maximum atomic E-state index is 12.5. The van der Waals surface area contributed by atoms with Gasteiger partial charge in [0.15, 0.2) is 0 Å². The number of fused-ring (bicyclic) bond motifs is 2. The van der Waals surface area contributed by atoms with Crippen molar-refractivity contribution < 1.29 is 17.9 Å². The van der Waals surface area contributed by atoms with Gasteiger partial charge in [-0.2, -0.15) is 13.2 Å². The van der Waals surface area contributed by atoms with Crippen LogP contribution in [0.1, 0.15) is 12.1 Å². The Morgan fingerprint density at radius 3 is 2.76 bits per heavy atom. The van der Waals surface area contributed by atoms with Gasteiger partial charge in [-0.25, -0.2) is 4.98 Å². The Morgan fingerprint density at radius 1 is 1.35 bits per heavy atom. The summed E-state index contributed by atoms with van der Waals surface area (Å²) < 4.78 is 43.0. The predicted octanol–water partition coefficient (Wildman–Crippen LogP) is 2.08. The number of rotatable bonds is 1. The van der Waals surface area contributed by atoms with E-state index in [2.05, 4.69) is 4.98 Å². The molecule has 1 aromatic heterocycles. The van der Waals surface area contributed by atoms with Gasteiger partial charge in [-0.15, -0.1) is 0 Å². The highest BCUT2D eigenvalue weighted by Crippen LogP contribution is 2.33. The number of alkyl halides is 3. The maximum absolute atomic E-state index is 12.5. The summed E-state index contributed by atoms with van der Waals surface area (Å²) in [5.74, 6) is 0.399. The Labute approximate surface area is 96.2 Å². The topological polar surface area (TPSA) is 25.4 Å². The van der Waals surface area contributed by atoms with Crippen LogP contribution in [0.2, 0.25) is 0 Å². The van der Waals surface area contributed by atoms with E-state index >= 15 is 0 Å². The number of aromatic nitrogens is 1. The molecule has 0 unspecified atom stereocenters. The molecule has 0 aliphatic carbocycles. The van der Waals surface area contributed by atoms with Crippen molar-refractivity contribution in [2.75, 3.05) is 18.1 Å². The van der Waals surface area contributed by atoms with Gasteiger partial charge in [-0.1, -0.05) is 6.07 Å². The summed E-state index contributed by atoms with van der Waals surface area (Å²) in [4.78, 5) is 5.60. The molecule has 0 saturated carbocycles. The summed E-state index contributed by atoms with van der Waals surface area (Å²) in [6.07, 6.45) is -3.35. The number of nitrogens with zero attached hydrogens (tertiary/aromatic N) is 2. The van der Waals surface area contributed by atoms with Crippen molar-refractivity contribution in [3.05, 3.63) is 23.9 Å². The number of anilines is 1. The zero-order valence-corrected chi connectivity index (χ0v) is 8.94. The third-order valence-corrected chi connectivity index (χ3v) is 3.22. The monoisotopic (exact) mass is 244 g/mol. The lowest BCUT2D eigenvalue weighted by Gasteiger charge is -2.28. The smallest absolute Gasteiger partial charge is 0.374 e. The Hall–Kier alpha value is -1.30. The molecule has 3 heterocycles. The molecule has 0 N–H and O–H groups in total. The first-order valence-electron chi connectivity index (χ1n) is 5.46. The van der Waals surface area contributed by atoms with Gasteiger partial charge in [0, 0.05) is 6.54 Å². The highest BCUT2D eigenvalue weighted by molar-refractivity contribution is 5.43. The van der Waals surface area contributed by atoms with E-state index in [0.717, 1.165) is 12.5 Å². The number of hydrogen-bond donors (Lipinski definition) is 0. The normalized spacial score (nSPS) is 27.8. The maximum Gasteiger partial charge on any atom is 0.433 e. The molecule has 0 aromatic carbocycles. The fourth-order valence-electron chi connectivity index (χ4n) is 2.42. The van der Waals surface area contributed by atoms with Gasteiger partial charge >= 0.3 is 6.18 Å². The first kappa shape index (κ1) is 10.8. The van der Waals surface area contributed by atoms with Crippen molar-refractivity contribution >= 4 is 5.82 Å². The number of morpholine rings is 1. The third kappa shape index (κ3) is 1.86. The molecule has 1 aromatic rings. The molecule has 2 aliphatic heterocycles. The Bertz CT molecular complexity index is 435. The summed E-state index contributed by atoms with van der Waals surface area (Å²) in [7, 11) is 0. The summed E-state index contributed by atoms with van der Waals surface area (Å²) >= 11 is 0. The Morgan fingerprint density at radius 2 is 2.18 bits per heavy atom. The fraction of sp³-hybridized carbons (Fsp3) is 0.545. The number of ether oxygens (including phenoxy) is 1. The van der Waals surface area contributed by atoms with Gasteiger partial charge in [0.1, 0.15) is 11.5 Å². The average molecular weight is 244 g/mol. The fourth-order valence-corrected chi connectivity index (χ4v) is 2.42. The van der Waals surface area contributed by atoms with E-state index < -0.39 is 11.9 Å². The second-order valence-electron chi connectivity index (χ2n) is 4.38. The van der Waals surface area contributed by atoms with Crippen LogP contribution in [-0.4, -0.2) is 30.3 Å². The molecule has 6 heteroatoms. The molecule has 3 nitrogen and oxygen atoms in total. The van der Waals surface area contributed by atoms with Crippen LogP contribution in [0.15, 0.2) is 18.2 Å². The second kappa shape index (κ2) is 3.60. The largest absolute Gasteiger partial charge is 0.433 e. The van der Waals surface area contributed by atoms with Crippen LogP contribution in [0.4, 0.5) is 19.0 Å². The molecule has 0 amide bonds. The van der Waals surface area contributed by atoms with Crippen LogP contribution < -0.4 is 4.90 Å². The minimum Gasteiger partial charge on any atom is -0.374 e. The zero-order valence-electron chi connectivity index (χ0n) is 8.94. The van der Waals surface area contributed by atoms with Crippen LogP contribution in [0.25, 0.3) is 0 Å². The summed E-state index contributed by atoms with van der Waals surface area (Å²) in [6, 6.07) is 4.19. The van der Waals surface area contributed by atoms with Crippen molar-refractivity contribution in [2.45, 2.75) is 24.7 Å². The van der Waals surface area contributed by atoms with Crippen LogP contribution in [0, 0.1) is 0 Å². The van der Waals surface area contributed by atoms with Gasteiger partial charge in [-0.3, -0.25) is 0 Å². The van der Waals surface area contributed by atoms with Crippen molar-refractivity contribution in [1.82, 2.24) is 4.98 Å². The van der Waals surface area contributed by atoms with Crippen LogP contribution >= 0.6 is 0 Å². The molecule has 2 aliphatic rings. The molecule has 0 spiro atoms. The summed E-state index contributed by atoms with van der Waals surface area (Å²) in [6.45, 7) is 1.22. The summed E-state index contributed by atoms with van der Waals surface area (Å²) in [5, 5.41) is 0. The van der Waals surface area contributed by atoms with Gasteiger partial charge in [0.25, 0.3) is 0 Å². The van der Waals surface area contributed by atoms with E-state index in [1.54, 1.807) is 6.07 Å². The van der Waals surface area contributed by atoms with Gasteiger partial charge in [0.2, 0.25) is 0 Å². The average Bonchev–Trinajstić information content (AvgIpc) is 2.89. The van der Waals surface area contributed by atoms with Gasteiger partial charge < -0.3 is 9.64 Å². The minimum absolute atomic E-state index is 0.149. The molecular formula is C11H11F3N2O. The third-order valence-electron chi connectivity index (χ3n) is 3.22. The Kier molecular flexibility index (Phi) is 2.29. The molecule has 0 radical (unpaired) electrons. The summed E-state index contributed by atoms with van der Waals surface area (Å²) in [5.41, 5.74) is -0.835. The first-order valence-corrected chi connectivity index (χ1v) is 5.46. The zero-order chi connectivity index (χ0) is 12.0. The molecular weight excluding hydrogens is 233 g/mol. The molecule has 2 saturated heterocycles. The lowest BCUT2D eigenvalue weighted by atomic mass is 10.2. The lowest BCUT2D eigenvalue weighted by molar-refractivity contribution is -0.141. The van der Waals surface area contributed by atoms with E-state index in [1.165, 1.54) is 6.07 Å². The van der Waals surface area contributed by atoms with Gasteiger partial charge in [-0.05, 0) is 18.6 Å². The van der Waals surface area contributed by atoms with Crippen molar-refractivity contribution in [3.63, 3.8) is 0 Å². The second-order valence-corrected chi connectivity index (χ2v) is 4.38. The van der Waals surface area contributed by atoms with Gasteiger partial charge in [0.05, 0.1) is 18.8 Å². The quantitative estimate of drug-likeness (QED) is 0.756. The van der Waals surface area contributed by atoms with Crippen molar-refractivity contribution in [3.8, 4) is 0 Å². The molecule has 2 bridgehead atoms. The lowest BCUT2D eigenvalue weighted by Crippen LogP contribution is -2.37.